The van der Waals surface area contributed by atoms with E-state index in [-0.39, 0.29) is 10.8 Å². The molecule has 8 heteroatoms. The number of benzene rings is 3. The van der Waals surface area contributed by atoms with Crippen LogP contribution in [-0.2, 0) is 10.0 Å². The Labute approximate surface area is 194 Å². The fraction of sp³-hybridized carbons (Fsp3) is 0.240. The molecule has 33 heavy (non-hydrogen) atoms. The molecular weight excluding hydrogens is 440 g/mol. The molecule has 1 aliphatic heterocycles. The van der Waals surface area contributed by atoms with Crippen LogP contribution < -0.4 is 14.8 Å². The number of amides is 1. The van der Waals surface area contributed by atoms with Crippen molar-refractivity contribution in [1.82, 2.24) is 4.31 Å². The van der Waals surface area contributed by atoms with Crippen molar-refractivity contribution < 1.29 is 22.7 Å². The average Bonchev–Trinajstić information content (AvgIpc) is 3.40. The van der Waals surface area contributed by atoms with E-state index in [2.05, 4.69) is 5.32 Å². The van der Waals surface area contributed by atoms with E-state index in [1.54, 1.807) is 26.4 Å². The first kappa shape index (κ1) is 22.8. The first-order valence-electron chi connectivity index (χ1n) is 10.7. The van der Waals surface area contributed by atoms with E-state index >= 15 is 0 Å². The standard InChI is InChI=1S/C25H26N2O5S/c1-31-21-10-5-18(6-11-21)23-17-20(9-14-24(23)32-2)26-25(28)19-7-12-22(13-8-19)33(29,30)27-15-3-4-16-27/h5-14,17H,3-4,15-16H2,1-2H3,(H,26,28). The highest BCUT2D eigenvalue weighted by atomic mass is 32.2. The summed E-state index contributed by atoms with van der Waals surface area (Å²) in [5, 5.41) is 2.88. The Kier molecular flexibility index (Phi) is 6.67. The summed E-state index contributed by atoms with van der Waals surface area (Å²) >= 11 is 0. The quantitative estimate of drug-likeness (QED) is 0.558. The number of hydrogen-bond acceptors (Lipinski definition) is 5. The summed E-state index contributed by atoms with van der Waals surface area (Å²) in [4.78, 5) is 13.0. The van der Waals surface area contributed by atoms with Gasteiger partial charge in [-0.2, -0.15) is 4.31 Å². The fourth-order valence-electron chi connectivity index (χ4n) is 3.84. The van der Waals surface area contributed by atoms with Crippen LogP contribution in [0.15, 0.2) is 71.6 Å². The second-order valence-electron chi connectivity index (χ2n) is 7.73. The molecule has 1 N–H and O–H groups in total. The number of methoxy groups -OCH3 is 2. The molecule has 172 valence electrons. The van der Waals surface area contributed by atoms with Crippen LogP contribution in [0, 0.1) is 0 Å². The fourth-order valence-corrected chi connectivity index (χ4v) is 5.36. The molecule has 0 spiro atoms. The van der Waals surface area contributed by atoms with Crippen LogP contribution in [0.1, 0.15) is 23.2 Å². The Morgan fingerprint density at radius 1 is 0.879 bits per heavy atom. The minimum Gasteiger partial charge on any atom is -0.497 e. The molecule has 1 fully saturated rings. The van der Waals surface area contributed by atoms with Crippen molar-refractivity contribution in [3.63, 3.8) is 0 Å². The number of carbonyl (C=O) groups excluding carboxylic acids is 1. The van der Waals surface area contributed by atoms with E-state index < -0.39 is 10.0 Å². The zero-order chi connectivity index (χ0) is 23.4. The van der Waals surface area contributed by atoms with Gasteiger partial charge in [-0.1, -0.05) is 12.1 Å². The van der Waals surface area contributed by atoms with Crippen molar-refractivity contribution in [2.24, 2.45) is 0 Å². The first-order valence-corrected chi connectivity index (χ1v) is 12.1. The number of nitrogens with one attached hydrogen (secondary N) is 1. The van der Waals surface area contributed by atoms with Gasteiger partial charge in [0.25, 0.3) is 5.91 Å². The first-order chi connectivity index (χ1) is 15.9. The van der Waals surface area contributed by atoms with Gasteiger partial charge in [0.15, 0.2) is 0 Å². The van der Waals surface area contributed by atoms with Crippen LogP contribution >= 0.6 is 0 Å². The maximum absolute atomic E-state index is 12.8. The number of hydrogen-bond donors (Lipinski definition) is 1. The molecule has 1 aliphatic rings. The zero-order valence-electron chi connectivity index (χ0n) is 18.6. The maximum atomic E-state index is 12.8. The smallest absolute Gasteiger partial charge is 0.255 e. The molecule has 0 aliphatic carbocycles. The van der Waals surface area contributed by atoms with Crippen molar-refractivity contribution in [3.05, 3.63) is 72.3 Å². The predicted octanol–water partition coefficient (Wildman–Crippen LogP) is 4.41. The topological polar surface area (TPSA) is 84.9 Å². The number of ether oxygens (including phenoxy) is 2. The molecule has 3 aromatic carbocycles. The summed E-state index contributed by atoms with van der Waals surface area (Å²) < 4.78 is 37.6. The van der Waals surface area contributed by atoms with Crippen LogP contribution in [0.2, 0.25) is 0 Å². The van der Waals surface area contributed by atoms with Crippen LogP contribution in [0.4, 0.5) is 5.69 Å². The number of carbonyl (C=O) groups is 1. The summed E-state index contributed by atoms with van der Waals surface area (Å²) in [5.74, 6) is 1.10. The van der Waals surface area contributed by atoms with Gasteiger partial charge in [-0.25, -0.2) is 8.42 Å². The second-order valence-corrected chi connectivity index (χ2v) is 9.67. The van der Waals surface area contributed by atoms with Crippen LogP contribution in [0.3, 0.4) is 0 Å². The number of nitrogens with zero attached hydrogens (tertiary/aromatic N) is 1. The van der Waals surface area contributed by atoms with E-state index in [9.17, 15) is 13.2 Å². The van der Waals surface area contributed by atoms with Crippen molar-refractivity contribution in [2.75, 3.05) is 32.6 Å². The molecule has 0 saturated carbocycles. The Balaban J connectivity index is 1.53. The van der Waals surface area contributed by atoms with Gasteiger partial charge in [0.1, 0.15) is 11.5 Å². The van der Waals surface area contributed by atoms with Crippen molar-refractivity contribution in [3.8, 4) is 22.6 Å². The lowest BCUT2D eigenvalue weighted by Crippen LogP contribution is -2.27. The number of anilines is 1. The molecule has 0 unspecified atom stereocenters. The SMILES string of the molecule is COc1ccc(-c2cc(NC(=O)c3ccc(S(=O)(=O)N4CCCC4)cc3)ccc2OC)cc1. The van der Waals surface area contributed by atoms with Gasteiger partial charge in [-0.3, -0.25) is 4.79 Å². The maximum Gasteiger partial charge on any atom is 0.255 e. The molecule has 0 aromatic heterocycles. The Morgan fingerprint density at radius 3 is 2.15 bits per heavy atom. The third kappa shape index (κ3) is 4.86. The summed E-state index contributed by atoms with van der Waals surface area (Å²) in [5.41, 5.74) is 2.71. The zero-order valence-corrected chi connectivity index (χ0v) is 19.4. The van der Waals surface area contributed by atoms with Gasteiger partial charge in [-0.05, 0) is 73.0 Å². The van der Waals surface area contributed by atoms with Crippen molar-refractivity contribution in [1.29, 1.82) is 0 Å². The lowest BCUT2D eigenvalue weighted by molar-refractivity contribution is 0.102. The van der Waals surface area contributed by atoms with Crippen molar-refractivity contribution in [2.45, 2.75) is 17.7 Å². The van der Waals surface area contributed by atoms with Gasteiger partial charge in [-0.15, -0.1) is 0 Å². The van der Waals surface area contributed by atoms with E-state index in [4.69, 9.17) is 9.47 Å². The lowest BCUT2D eigenvalue weighted by Gasteiger charge is -2.15. The van der Waals surface area contributed by atoms with Gasteiger partial charge >= 0.3 is 0 Å². The monoisotopic (exact) mass is 466 g/mol. The molecule has 4 rings (SSSR count). The third-order valence-electron chi connectivity index (χ3n) is 5.68. The summed E-state index contributed by atoms with van der Waals surface area (Å²) in [6, 6.07) is 19.0. The van der Waals surface area contributed by atoms with Crippen LogP contribution in [0.5, 0.6) is 11.5 Å². The Hall–Kier alpha value is -3.36. The van der Waals surface area contributed by atoms with E-state index in [1.807, 2.05) is 30.3 Å². The Morgan fingerprint density at radius 2 is 1.55 bits per heavy atom. The Bertz CT molecular complexity index is 1230. The highest BCUT2D eigenvalue weighted by Crippen LogP contribution is 2.33. The van der Waals surface area contributed by atoms with Crippen LogP contribution in [-0.4, -0.2) is 45.9 Å². The van der Waals surface area contributed by atoms with Gasteiger partial charge in [0, 0.05) is 29.9 Å². The predicted molar refractivity (Wildman–Crippen MR) is 127 cm³/mol. The van der Waals surface area contributed by atoms with E-state index in [0.29, 0.717) is 30.1 Å². The highest BCUT2D eigenvalue weighted by molar-refractivity contribution is 7.89. The number of rotatable bonds is 7. The largest absolute Gasteiger partial charge is 0.497 e. The number of sulfonamides is 1. The summed E-state index contributed by atoms with van der Waals surface area (Å²) in [7, 11) is -0.303. The lowest BCUT2D eigenvalue weighted by atomic mass is 10.0. The molecule has 0 radical (unpaired) electrons. The van der Waals surface area contributed by atoms with Crippen LogP contribution in [0.25, 0.3) is 11.1 Å². The summed E-state index contributed by atoms with van der Waals surface area (Å²) in [6.07, 6.45) is 1.75. The molecule has 1 heterocycles. The van der Waals surface area contributed by atoms with Gasteiger partial charge in [0.05, 0.1) is 19.1 Å². The molecule has 0 bridgehead atoms. The van der Waals surface area contributed by atoms with E-state index in [0.717, 1.165) is 29.7 Å². The second kappa shape index (κ2) is 9.64. The minimum atomic E-state index is -3.51. The average molecular weight is 467 g/mol. The third-order valence-corrected chi connectivity index (χ3v) is 7.59. The molecule has 0 atom stereocenters. The van der Waals surface area contributed by atoms with Gasteiger partial charge < -0.3 is 14.8 Å². The summed E-state index contributed by atoms with van der Waals surface area (Å²) in [6.45, 7) is 1.08. The molecular formula is C25H26N2O5S. The minimum absolute atomic E-state index is 0.201. The van der Waals surface area contributed by atoms with Gasteiger partial charge in [0.2, 0.25) is 10.0 Å². The normalized spacial score (nSPS) is 14.1. The van der Waals surface area contributed by atoms with Crippen molar-refractivity contribution >= 4 is 21.6 Å². The van der Waals surface area contributed by atoms with E-state index in [1.165, 1.54) is 28.6 Å². The molecule has 1 saturated heterocycles. The molecule has 3 aromatic rings. The molecule has 7 nitrogen and oxygen atoms in total. The molecule has 1 amide bonds. The highest BCUT2D eigenvalue weighted by Gasteiger charge is 2.27.